The number of fused-ring (bicyclic) bond motifs is 1. The number of hydrogen-bond donors (Lipinski definition) is 2. The molecule has 8 nitrogen and oxygen atoms in total. The van der Waals surface area contributed by atoms with E-state index in [-0.39, 0.29) is 23.3 Å². The van der Waals surface area contributed by atoms with E-state index in [2.05, 4.69) is 36.6 Å². The third-order valence-corrected chi connectivity index (χ3v) is 6.05. The molecule has 0 radical (unpaired) electrons. The summed E-state index contributed by atoms with van der Waals surface area (Å²) in [5.74, 6) is 0.202. The van der Waals surface area contributed by atoms with Crippen LogP contribution < -0.4 is 15.4 Å². The quantitative estimate of drug-likeness (QED) is 0.306. The number of ether oxygens (including phenoxy) is 1. The smallest absolute Gasteiger partial charge is 0.416 e. The van der Waals surface area contributed by atoms with Crippen LogP contribution in [-0.2, 0) is 11.0 Å². The molecule has 1 fully saturated rings. The number of alkyl halides is 3. The van der Waals surface area contributed by atoms with E-state index in [9.17, 15) is 22.8 Å². The molecule has 4 aromatic rings. The van der Waals surface area contributed by atoms with Gasteiger partial charge in [0, 0.05) is 28.1 Å². The minimum Gasteiger partial charge on any atom is -0.438 e. The first kappa shape index (κ1) is 23.8. The second-order valence-electron chi connectivity index (χ2n) is 8.14. The Morgan fingerprint density at radius 3 is 2.61 bits per heavy atom. The standard InChI is InChI=1S/C24H17BrF3N5O3/c25-17-7-6-16(11-18(17)29-23(35)14-2-1-3-15(10-14)24(26,27)28)36-21-9-8-20-30-19(12-33(20)32-21)31-22(34)13-4-5-13/h1-3,6-13H,4-5H2,(H,29,35)(H,31,34). The van der Waals surface area contributed by atoms with Crippen LogP contribution in [0.4, 0.5) is 24.7 Å². The lowest BCUT2D eigenvalue weighted by Gasteiger charge is -2.12. The summed E-state index contributed by atoms with van der Waals surface area (Å²) in [5.41, 5.74) is -0.246. The third kappa shape index (κ3) is 5.33. The molecule has 36 heavy (non-hydrogen) atoms. The number of carbonyl (C=O) groups excluding carboxylic acids is 2. The van der Waals surface area contributed by atoms with Gasteiger partial charge in [0.25, 0.3) is 5.91 Å². The molecule has 0 bridgehead atoms. The van der Waals surface area contributed by atoms with Gasteiger partial charge in [0.1, 0.15) is 5.75 Å². The zero-order valence-corrected chi connectivity index (χ0v) is 19.9. The van der Waals surface area contributed by atoms with Crippen molar-refractivity contribution in [1.82, 2.24) is 14.6 Å². The largest absolute Gasteiger partial charge is 0.438 e. The number of anilines is 2. The molecule has 0 spiro atoms. The Morgan fingerprint density at radius 2 is 1.86 bits per heavy atom. The number of rotatable bonds is 6. The summed E-state index contributed by atoms with van der Waals surface area (Å²) in [6.45, 7) is 0. The predicted octanol–water partition coefficient (Wildman–Crippen LogP) is 5.90. The van der Waals surface area contributed by atoms with E-state index in [1.807, 2.05) is 0 Å². The van der Waals surface area contributed by atoms with Crippen molar-refractivity contribution in [3.8, 4) is 11.6 Å². The molecule has 184 valence electrons. The Morgan fingerprint density at radius 1 is 1.06 bits per heavy atom. The maximum absolute atomic E-state index is 13.0. The molecule has 2 heterocycles. The van der Waals surface area contributed by atoms with Gasteiger partial charge in [-0.1, -0.05) is 6.07 Å². The summed E-state index contributed by atoms with van der Waals surface area (Å²) in [7, 11) is 0. The molecule has 2 amide bonds. The van der Waals surface area contributed by atoms with E-state index < -0.39 is 17.6 Å². The Labute approximate surface area is 210 Å². The van der Waals surface area contributed by atoms with E-state index in [0.717, 1.165) is 25.0 Å². The molecule has 0 aliphatic heterocycles. The minimum atomic E-state index is -4.56. The first-order valence-electron chi connectivity index (χ1n) is 10.8. The lowest BCUT2D eigenvalue weighted by molar-refractivity contribution is -0.137. The van der Waals surface area contributed by atoms with Crippen molar-refractivity contribution >= 4 is 44.9 Å². The van der Waals surface area contributed by atoms with Crippen LogP contribution in [-0.4, -0.2) is 26.4 Å². The van der Waals surface area contributed by atoms with Crippen LogP contribution in [0.5, 0.6) is 11.6 Å². The highest BCUT2D eigenvalue weighted by molar-refractivity contribution is 9.10. The minimum absolute atomic E-state index is 0.0438. The molecular weight excluding hydrogens is 543 g/mol. The lowest BCUT2D eigenvalue weighted by atomic mass is 10.1. The first-order chi connectivity index (χ1) is 17.2. The van der Waals surface area contributed by atoms with Crippen molar-refractivity contribution in [2.24, 2.45) is 5.92 Å². The van der Waals surface area contributed by atoms with Crippen LogP contribution in [0, 0.1) is 5.92 Å². The van der Waals surface area contributed by atoms with E-state index in [4.69, 9.17) is 4.74 Å². The van der Waals surface area contributed by atoms with Gasteiger partial charge in [-0.25, -0.2) is 9.50 Å². The van der Waals surface area contributed by atoms with Gasteiger partial charge in [-0.3, -0.25) is 9.59 Å². The number of nitrogens with zero attached hydrogens (tertiary/aromatic N) is 3. The molecule has 5 rings (SSSR count). The van der Waals surface area contributed by atoms with Crippen LogP contribution >= 0.6 is 15.9 Å². The summed E-state index contributed by atoms with van der Waals surface area (Å²) in [6, 6.07) is 12.2. The van der Waals surface area contributed by atoms with Gasteiger partial charge in [0.05, 0.1) is 17.4 Å². The van der Waals surface area contributed by atoms with Crippen molar-refractivity contribution in [3.63, 3.8) is 0 Å². The van der Waals surface area contributed by atoms with Crippen LogP contribution in [0.2, 0.25) is 0 Å². The van der Waals surface area contributed by atoms with Crippen molar-refractivity contribution in [1.29, 1.82) is 0 Å². The molecular formula is C24H17BrF3N5O3. The maximum atomic E-state index is 13.0. The van der Waals surface area contributed by atoms with Crippen molar-refractivity contribution < 1.29 is 27.5 Å². The number of carbonyl (C=O) groups is 2. The van der Waals surface area contributed by atoms with Gasteiger partial charge in [0.2, 0.25) is 11.8 Å². The van der Waals surface area contributed by atoms with Crippen molar-refractivity contribution in [2.45, 2.75) is 19.0 Å². The zero-order valence-electron chi connectivity index (χ0n) is 18.3. The normalized spacial score (nSPS) is 13.4. The number of nitrogens with one attached hydrogen (secondary N) is 2. The fourth-order valence-corrected chi connectivity index (χ4v) is 3.71. The fourth-order valence-electron chi connectivity index (χ4n) is 3.37. The number of aromatic nitrogens is 3. The number of hydrogen-bond acceptors (Lipinski definition) is 5. The summed E-state index contributed by atoms with van der Waals surface area (Å²) in [4.78, 5) is 28.9. The first-order valence-corrected chi connectivity index (χ1v) is 11.6. The average Bonchev–Trinajstić information content (AvgIpc) is 3.61. The van der Waals surface area contributed by atoms with Gasteiger partial charge in [-0.2, -0.15) is 13.2 Å². The summed E-state index contributed by atoms with van der Waals surface area (Å²) >= 11 is 3.32. The van der Waals surface area contributed by atoms with Crippen LogP contribution in [0.1, 0.15) is 28.8 Å². The topological polar surface area (TPSA) is 97.6 Å². The van der Waals surface area contributed by atoms with E-state index >= 15 is 0 Å². The van der Waals surface area contributed by atoms with Crippen molar-refractivity contribution in [2.75, 3.05) is 10.6 Å². The van der Waals surface area contributed by atoms with Gasteiger partial charge >= 0.3 is 6.18 Å². The van der Waals surface area contributed by atoms with Crippen LogP contribution in [0.25, 0.3) is 5.65 Å². The Kier molecular flexibility index (Phi) is 6.12. The third-order valence-electron chi connectivity index (χ3n) is 5.36. The predicted molar refractivity (Wildman–Crippen MR) is 128 cm³/mol. The van der Waals surface area contributed by atoms with Crippen LogP contribution in [0.3, 0.4) is 0 Å². The zero-order chi connectivity index (χ0) is 25.4. The maximum Gasteiger partial charge on any atom is 0.416 e. The van der Waals surface area contributed by atoms with Crippen molar-refractivity contribution in [3.05, 3.63) is 76.4 Å². The molecule has 1 aliphatic carbocycles. The highest BCUT2D eigenvalue weighted by Crippen LogP contribution is 2.32. The van der Waals surface area contributed by atoms with E-state index in [0.29, 0.717) is 27.4 Å². The highest BCUT2D eigenvalue weighted by Gasteiger charge is 2.31. The number of benzene rings is 2. The number of halogens is 4. The number of imidazole rings is 1. The summed E-state index contributed by atoms with van der Waals surface area (Å²) < 4.78 is 46.7. The molecule has 1 aliphatic rings. The fraction of sp³-hybridized carbons (Fsp3) is 0.167. The molecule has 0 atom stereocenters. The summed E-state index contributed by atoms with van der Waals surface area (Å²) in [6.07, 6.45) is -1.22. The lowest BCUT2D eigenvalue weighted by Crippen LogP contribution is -2.14. The van der Waals surface area contributed by atoms with E-state index in [1.54, 1.807) is 30.5 Å². The Hall–Kier alpha value is -3.93. The summed E-state index contributed by atoms with van der Waals surface area (Å²) in [5, 5.41) is 9.67. The Balaban J connectivity index is 1.31. The Bertz CT molecular complexity index is 1480. The molecule has 12 heteroatoms. The number of amides is 2. The van der Waals surface area contributed by atoms with Gasteiger partial charge in [-0.15, -0.1) is 5.10 Å². The van der Waals surface area contributed by atoms with Gasteiger partial charge in [0.15, 0.2) is 11.5 Å². The second-order valence-corrected chi connectivity index (χ2v) is 8.99. The van der Waals surface area contributed by atoms with E-state index in [1.165, 1.54) is 22.7 Å². The monoisotopic (exact) mass is 559 g/mol. The van der Waals surface area contributed by atoms with Gasteiger partial charge in [-0.05, 0) is 65.2 Å². The molecule has 2 aromatic carbocycles. The molecule has 2 N–H and O–H groups in total. The molecule has 2 aromatic heterocycles. The molecule has 1 saturated carbocycles. The highest BCUT2D eigenvalue weighted by atomic mass is 79.9. The molecule has 0 saturated heterocycles. The second kappa shape index (κ2) is 9.26. The van der Waals surface area contributed by atoms with Crippen LogP contribution in [0.15, 0.2) is 65.3 Å². The molecule has 0 unspecified atom stereocenters. The average molecular weight is 560 g/mol. The SMILES string of the molecule is O=C(Nc1cc(Oc2ccc3nc(NC(=O)C4CC4)cn3n2)ccc1Br)c1cccc(C(F)(F)F)c1. The van der Waals surface area contributed by atoms with Gasteiger partial charge < -0.3 is 15.4 Å².